The Morgan fingerprint density at radius 3 is 2.32 bits per heavy atom. The van der Waals surface area contributed by atoms with Crippen LogP contribution in [0.15, 0.2) is 48.5 Å². The summed E-state index contributed by atoms with van der Waals surface area (Å²) >= 11 is 5.87. The lowest BCUT2D eigenvalue weighted by Gasteiger charge is -2.28. The third-order valence-electron chi connectivity index (χ3n) is 3.43. The monoisotopic (exact) mass is 278 g/mol. The minimum Gasteiger partial charge on any atom is -0.395 e. The number of hydrogen-bond donors (Lipinski definition) is 1. The molecule has 0 saturated carbocycles. The molecule has 0 amide bonds. The second kappa shape index (κ2) is 5.72. The molecule has 0 spiro atoms. The van der Waals surface area contributed by atoms with Gasteiger partial charge in [-0.2, -0.15) is 0 Å². The van der Waals surface area contributed by atoms with Gasteiger partial charge in [-0.05, 0) is 35.7 Å². The van der Waals surface area contributed by atoms with E-state index in [0.717, 1.165) is 5.56 Å². The first-order valence-corrected chi connectivity index (χ1v) is 6.53. The number of aliphatic hydroxyl groups excluding tert-OH is 1. The smallest absolute Gasteiger partial charge is 0.126 e. The zero-order valence-electron chi connectivity index (χ0n) is 10.7. The summed E-state index contributed by atoms with van der Waals surface area (Å²) < 4.78 is 13.7. The van der Waals surface area contributed by atoms with E-state index in [9.17, 15) is 9.50 Å². The average molecular weight is 279 g/mol. The van der Waals surface area contributed by atoms with Crippen LogP contribution in [0, 0.1) is 5.82 Å². The van der Waals surface area contributed by atoms with Crippen molar-refractivity contribution < 1.29 is 9.50 Å². The van der Waals surface area contributed by atoms with Gasteiger partial charge in [0.25, 0.3) is 0 Å². The van der Waals surface area contributed by atoms with Crippen LogP contribution in [0.25, 0.3) is 0 Å². The summed E-state index contributed by atoms with van der Waals surface area (Å²) in [6.45, 7) is 1.87. The first kappa shape index (κ1) is 14.0. The van der Waals surface area contributed by atoms with Crippen LogP contribution in [0.3, 0.4) is 0 Å². The van der Waals surface area contributed by atoms with E-state index < -0.39 is 5.41 Å². The Hall–Kier alpha value is -1.38. The van der Waals surface area contributed by atoms with Crippen molar-refractivity contribution in [3.8, 4) is 0 Å². The molecule has 0 aliphatic heterocycles. The molecule has 19 heavy (non-hydrogen) atoms. The lowest BCUT2D eigenvalue weighted by Crippen LogP contribution is -2.29. The fraction of sp³-hybridized carbons (Fsp3) is 0.250. The number of aliphatic hydroxyl groups is 1. The van der Waals surface area contributed by atoms with Crippen LogP contribution in [-0.4, -0.2) is 11.7 Å². The van der Waals surface area contributed by atoms with Crippen molar-refractivity contribution in [1.82, 2.24) is 0 Å². The summed E-state index contributed by atoms with van der Waals surface area (Å²) in [4.78, 5) is 0. The zero-order valence-corrected chi connectivity index (χ0v) is 11.5. The van der Waals surface area contributed by atoms with Gasteiger partial charge < -0.3 is 5.11 Å². The van der Waals surface area contributed by atoms with Crippen LogP contribution in [0.2, 0.25) is 5.02 Å². The summed E-state index contributed by atoms with van der Waals surface area (Å²) in [5.41, 5.74) is 1.03. The van der Waals surface area contributed by atoms with Crippen LogP contribution in [0.1, 0.15) is 18.1 Å². The van der Waals surface area contributed by atoms with Crippen molar-refractivity contribution in [1.29, 1.82) is 0 Å². The van der Waals surface area contributed by atoms with Crippen molar-refractivity contribution in [3.05, 3.63) is 70.5 Å². The molecule has 0 bridgehead atoms. The Balaban J connectivity index is 2.33. The normalized spacial score (nSPS) is 14.1. The van der Waals surface area contributed by atoms with E-state index in [4.69, 9.17) is 11.6 Å². The Morgan fingerprint density at radius 1 is 1.11 bits per heavy atom. The van der Waals surface area contributed by atoms with E-state index in [2.05, 4.69) is 0 Å². The summed E-state index contributed by atoms with van der Waals surface area (Å²) in [5.74, 6) is -0.240. The first-order valence-electron chi connectivity index (χ1n) is 6.15. The van der Waals surface area contributed by atoms with Crippen molar-refractivity contribution >= 4 is 11.6 Å². The summed E-state index contributed by atoms with van der Waals surface area (Å²) in [7, 11) is 0. The molecule has 2 aromatic carbocycles. The molecular formula is C16H16ClFO. The molecule has 0 aromatic heterocycles. The van der Waals surface area contributed by atoms with Gasteiger partial charge in [-0.15, -0.1) is 0 Å². The van der Waals surface area contributed by atoms with E-state index in [0.29, 0.717) is 17.0 Å². The molecule has 0 saturated heterocycles. The van der Waals surface area contributed by atoms with Gasteiger partial charge in [-0.1, -0.05) is 48.9 Å². The van der Waals surface area contributed by atoms with Crippen LogP contribution in [-0.2, 0) is 11.8 Å². The van der Waals surface area contributed by atoms with E-state index in [1.807, 2.05) is 19.1 Å². The maximum Gasteiger partial charge on any atom is 0.126 e. The third-order valence-corrected chi connectivity index (χ3v) is 3.68. The fourth-order valence-corrected chi connectivity index (χ4v) is 2.29. The second-order valence-corrected chi connectivity index (χ2v) is 5.43. The van der Waals surface area contributed by atoms with Gasteiger partial charge in [0.1, 0.15) is 5.82 Å². The Bertz CT molecular complexity index is 553. The van der Waals surface area contributed by atoms with Crippen molar-refractivity contribution in [2.24, 2.45) is 0 Å². The minimum absolute atomic E-state index is 0.0526. The number of halogens is 2. The highest BCUT2D eigenvalue weighted by Crippen LogP contribution is 2.29. The van der Waals surface area contributed by atoms with Crippen molar-refractivity contribution in [2.75, 3.05) is 6.61 Å². The molecule has 100 valence electrons. The molecule has 0 fully saturated rings. The van der Waals surface area contributed by atoms with Crippen LogP contribution < -0.4 is 0 Å². The number of rotatable bonds is 4. The van der Waals surface area contributed by atoms with E-state index in [1.165, 1.54) is 6.07 Å². The Labute approximate surface area is 117 Å². The Kier molecular flexibility index (Phi) is 4.23. The molecule has 2 rings (SSSR count). The zero-order chi connectivity index (χ0) is 13.9. The molecular weight excluding hydrogens is 263 g/mol. The molecule has 1 nitrogen and oxygen atoms in total. The Morgan fingerprint density at radius 2 is 1.74 bits per heavy atom. The standard InChI is InChI=1S/C16H16ClFO/c1-16(11-19,13-6-8-14(17)9-7-13)10-12-4-2-3-5-15(12)18/h2-9,19H,10-11H2,1H3. The molecule has 3 heteroatoms. The number of hydrogen-bond acceptors (Lipinski definition) is 1. The van der Waals surface area contributed by atoms with E-state index in [1.54, 1.807) is 30.3 Å². The fourth-order valence-electron chi connectivity index (χ4n) is 2.16. The maximum absolute atomic E-state index is 13.7. The predicted octanol–water partition coefficient (Wildman–Crippen LogP) is 3.97. The second-order valence-electron chi connectivity index (χ2n) is 4.99. The highest BCUT2D eigenvalue weighted by molar-refractivity contribution is 6.30. The first-order chi connectivity index (χ1) is 9.05. The van der Waals surface area contributed by atoms with Crippen LogP contribution in [0.4, 0.5) is 4.39 Å². The van der Waals surface area contributed by atoms with Gasteiger partial charge in [0.15, 0.2) is 0 Å². The number of benzene rings is 2. The molecule has 0 radical (unpaired) electrons. The van der Waals surface area contributed by atoms with Gasteiger partial charge in [0, 0.05) is 10.4 Å². The van der Waals surface area contributed by atoms with E-state index >= 15 is 0 Å². The quantitative estimate of drug-likeness (QED) is 0.897. The largest absolute Gasteiger partial charge is 0.395 e. The molecule has 0 heterocycles. The summed E-state index contributed by atoms with van der Waals surface area (Å²) in [5, 5.41) is 10.4. The van der Waals surface area contributed by atoms with Crippen LogP contribution >= 0.6 is 11.6 Å². The van der Waals surface area contributed by atoms with Gasteiger partial charge in [0.2, 0.25) is 0 Å². The predicted molar refractivity (Wildman–Crippen MR) is 76.0 cm³/mol. The highest BCUT2D eigenvalue weighted by atomic mass is 35.5. The molecule has 0 aliphatic carbocycles. The highest BCUT2D eigenvalue weighted by Gasteiger charge is 2.27. The molecule has 0 aliphatic rings. The maximum atomic E-state index is 13.7. The minimum atomic E-state index is -0.521. The molecule has 1 N–H and O–H groups in total. The lowest BCUT2D eigenvalue weighted by molar-refractivity contribution is 0.204. The van der Waals surface area contributed by atoms with Gasteiger partial charge in [-0.3, -0.25) is 0 Å². The summed E-state index contributed by atoms with van der Waals surface area (Å²) in [6, 6.07) is 14.0. The van der Waals surface area contributed by atoms with E-state index in [-0.39, 0.29) is 12.4 Å². The average Bonchev–Trinajstić information content (AvgIpc) is 2.42. The van der Waals surface area contributed by atoms with Gasteiger partial charge in [0.05, 0.1) is 6.61 Å². The molecule has 1 unspecified atom stereocenters. The van der Waals surface area contributed by atoms with Crippen molar-refractivity contribution in [3.63, 3.8) is 0 Å². The third kappa shape index (κ3) is 3.14. The van der Waals surface area contributed by atoms with Gasteiger partial charge >= 0.3 is 0 Å². The molecule has 2 aromatic rings. The van der Waals surface area contributed by atoms with Crippen molar-refractivity contribution in [2.45, 2.75) is 18.8 Å². The lowest BCUT2D eigenvalue weighted by atomic mass is 9.78. The topological polar surface area (TPSA) is 20.2 Å². The van der Waals surface area contributed by atoms with Crippen LogP contribution in [0.5, 0.6) is 0 Å². The van der Waals surface area contributed by atoms with Gasteiger partial charge in [-0.25, -0.2) is 4.39 Å². The SMILES string of the molecule is CC(CO)(Cc1ccccc1F)c1ccc(Cl)cc1. The molecule has 1 atom stereocenters. The summed E-state index contributed by atoms with van der Waals surface area (Å²) in [6.07, 6.45) is 0.442.